The van der Waals surface area contributed by atoms with Gasteiger partial charge in [0.2, 0.25) is 0 Å². The van der Waals surface area contributed by atoms with Crippen LogP contribution in [0.15, 0.2) is 30.3 Å². The molecule has 4 heteroatoms. The summed E-state index contributed by atoms with van der Waals surface area (Å²) in [5.41, 5.74) is 6.66. The second-order valence-electron chi connectivity index (χ2n) is 5.50. The smallest absolute Gasteiger partial charge is 0.0827 e. The monoisotopic (exact) mass is 280 g/mol. The van der Waals surface area contributed by atoms with E-state index < -0.39 is 0 Å². The Kier molecular flexibility index (Phi) is 3.37. The fourth-order valence-electron chi connectivity index (χ4n) is 2.61. The molecule has 0 amide bonds. The fraction of sp³-hybridized carbons (Fsp3) is 0.294. The van der Waals surface area contributed by atoms with E-state index in [4.69, 9.17) is 0 Å². The number of pyridine rings is 1. The first-order valence-electron chi connectivity index (χ1n) is 7.15. The van der Waals surface area contributed by atoms with E-state index >= 15 is 0 Å². The van der Waals surface area contributed by atoms with Gasteiger partial charge in [-0.1, -0.05) is 12.1 Å². The van der Waals surface area contributed by atoms with Crippen LogP contribution in [0.1, 0.15) is 22.6 Å². The Hall–Kier alpha value is -2.36. The third-order valence-corrected chi connectivity index (χ3v) is 3.87. The van der Waals surface area contributed by atoms with Crippen molar-refractivity contribution in [1.82, 2.24) is 14.8 Å². The molecular formula is C17H20N4. The SMILES string of the molecule is Cc1ccc2cc(CNc3c(C)nn(C)c3C)ccc2n1. The number of anilines is 1. The summed E-state index contributed by atoms with van der Waals surface area (Å²) >= 11 is 0. The number of benzene rings is 1. The number of nitrogens with zero attached hydrogens (tertiary/aromatic N) is 3. The zero-order valence-electron chi connectivity index (χ0n) is 12.9. The van der Waals surface area contributed by atoms with Crippen LogP contribution in [0.4, 0.5) is 5.69 Å². The van der Waals surface area contributed by atoms with Gasteiger partial charge in [0.15, 0.2) is 0 Å². The predicted octanol–water partition coefficient (Wildman–Crippen LogP) is 3.51. The number of hydrogen-bond acceptors (Lipinski definition) is 3. The van der Waals surface area contributed by atoms with Gasteiger partial charge >= 0.3 is 0 Å². The molecule has 0 saturated heterocycles. The minimum atomic E-state index is 0.789. The summed E-state index contributed by atoms with van der Waals surface area (Å²) < 4.78 is 1.91. The molecule has 0 spiro atoms. The summed E-state index contributed by atoms with van der Waals surface area (Å²) in [5.74, 6) is 0. The van der Waals surface area contributed by atoms with Crippen molar-refractivity contribution in [3.63, 3.8) is 0 Å². The first-order chi connectivity index (χ1) is 10.0. The Morgan fingerprint density at radius 3 is 2.62 bits per heavy atom. The molecular weight excluding hydrogens is 260 g/mol. The van der Waals surface area contributed by atoms with Gasteiger partial charge in [-0.15, -0.1) is 0 Å². The van der Waals surface area contributed by atoms with E-state index in [1.54, 1.807) is 0 Å². The zero-order chi connectivity index (χ0) is 15.0. The average Bonchev–Trinajstić information content (AvgIpc) is 2.70. The van der Waals surface area contributed by atoms with Crippen molar-refractivity contribution in [3.05, 3.63) is 53.0 Å². The molecule has 108 valence electrons. The van der Waals surface area contributed by atoms with Crippen LogP contribution in [0.3, 0.4) is 0 Å². The van der Waals surface area contributed by atoms with Gasteiger partial charge in [0, 0.05) is 24.7 Å². The lowest BCUT2D eigenvalue weighted by Gasteiger charge is -2.08. The summed E-state index contributed by atoms with van der Waals surface area (Å²) in [7, 11) is 1.97. The average molecular weight is 280 g/mol. The van der Waals surface area contributed by atoms with E-state index in [2.05, 4.69) is 52.7 Å². The van der Waals surface area contributed by atoms with E-state index in [0.29, 0.717) is 0 Å². The molecule has 0 atom stereocenters. The highest BCUT2D eigenvalue weighted by molar-refractivity contribution is 5.79. The molecule has 1 aromatic carbocycles. The first-order valence-corrected chi connectivity index (χ1v) is 7.15. The van der Waals surface area contributed by atoms with Crippen LogP contribution in [0, 0.1) is 20.8 Å². The van der Waals surface area contributed by atoms with Crippen molar-refractivity contribution in [2.45, 2.75) is 27.3 Å². The molecule has 4 nitrogen and oxygen atoms in total. The van der Waals surface area contributed by atoms with Crippen LogP contribution in [0.5, 0.6) is 0 Å². The van der Waals surface area contributed by atoms with E-state index in [-0.39, 0.29) is 0 Å². The Morgan fingerprint density at radius 1 is 1.10 bits per heavy atom. The van der Waals surface area contributed by atoms with Crippen molar-refractivity contribution < 1.29 is 0 Å². The Balaban J connectivity index is 1.83. The number of fused-ring (bicyclic) bond motifs is 1. The Bertz CT molecular complexity index is 802. The fourth-order valence-corrected chi connectivity index (χ4v) is 2.61. The zero-order valence-corrected chi connectivity index (χ0v) is 12.9. The molecule has 0 fully saturated rings. The highest BCUT2D eigenvalue weighted by atomic mass is 15.3. The van der Waals surface area contributed by atoms with Gasteiger partial charge in [0.05, 0.1) is 22.6 Å². The minimum absolute atomic E-state index is 0.789. The number of aryl methyl sites for hydroxylation is 3. The predicted molar refractivity (Wildman–Crippen MR) is 86.5 cm³/mol. The van der Waals surface area contributed by atoms with Crippen molar-refractivity contribution in [1.29, 1.82) is 0 Å². The van der Waals surface area contributed by atoms with Gasteiger partial charge in [0.25, 0.3) is 0 Å². The second kappa shape index (κ2) is 5.20. The van der Waals surface area contributed by atoms with Gasteiger partial charge in [-0.05, 0) is 44.5 Å². The van der Waals surface area contributed by atoms with Gasteiger partial charge in [0.1, 0.15) is 0 Å². The van der Waals surface area contributed by atoms with Crippen molar-refractivity contribution in [3.8, 4) is 0 Å². The molecule has 0 bridgehead atoms. The highest BCUT2D eigenvalue weighted by Gasteiger charge is 2.08. The van der Waals surface area contributed by atoms with Crippen molar-refractivity contribution in [2.75, 3.05) is 5.32 Å². The maximum absolute atomic E-state index is 4.53. The summed E-state index contributed by atoms with van der Waals surface area (Å²) in [6.45, 7) is 6.91. The maximum Gasteiger partial charge on any atom is 0.0827 e. The number of aromatic nitrogens is 3. The molecule has 3 aromatic rings. The lowest BCUT2D eigenvalue weighted by molar-refractivity contribution is 0.731. The molecule has 2 heterocycles. The molecule has 0 unspecified atom stereocenters. The second-order valence-corrected chi connectivity index (χ2v) is 5.50. The largest absolute Gasteiger partial charge is 0.378 e. The third-order valence-electron chi connectivity index (χ3n) is 3.87. The van der Waals surface area contributed by atoms with Gasteiger partial charge in [-0.3, -0.25) is 9.67 Å². The highest BCUT2D eigenvalue weighted by Crippen LogP contribution is 2.20. The third kappa shape index (κ3) is 2.61. The maximum atomic E-state index is 4.53. The minimum Gasteiger partial charge on any atom is -0.378 e. The summed E-state index contributed by atoms with van der Waals surface area (Å²) in [4.78, 5) is 4.53. The molecule has 0 saturated carbocycles. The van der Waals surface area contributed by atoms with Gasteiger partial charge < -0.3 is 5.32 Å². The van der Waals surface area contributed by atoms with Crippen LogP contribution in [-0.2, 0) is 13.6 Å². The summed E-state index contributed by atoms with van der Waals surface area (Å²) in [5, 5.41) is 9.10. The number of nitrogens with one attached hydrogen (secondary N) is 1. The topological polar surface area (TPSA) is 42.7 Å². The van der Waals surface area contributed by atoms with Gasteiger partial charge in [-0.25, -0.2) is 0 Å². The molecule has 2 aromatic heterocycles. The van der Waals surface area contributed by atoms with E-state index in [1.165, 1.54) is 10.9 Å². The standard InChI is InChI=1S/C17H20N4/c1-11-5-7-15-9-14(6-8-16(15)19-11)10-18-17-12(2)20-21(4)13(17)3/h5-9,18H,10H2,1-4H3. The van der Waals surface area contributed by atoms with Gasteiger partial charge in [-0.2, -0.15) is 5.10 Å². The first kappa shape index (κ1) is 13.6. The number of rotatable bonds is 3. The van der Waals surface area contributed by atoms with Crippen LogP contribution >= 0.6 is 0 Å². The lowest BCUT2D eigenvalue weighted by atomic mass is 10.1. The van der Waals surface area contributed by atoms with Crippen molar-refractivity contribution >= 4 is 16.6 Å². The lowest BCUT2D eigenvalue weighted by Crippen LogP contribution is -2.02. The van der Waals surface area contributed by atoms with E-state index in [9.17, 15) is 0 Å². The quantitative estimate of drug-likeness (QED) is 0.798. The van der Waals surface area contributed by atoms with E-state index in [0.717, 1.165) is 34.8 Å². The van der Waals surface area contributed by atoms with E-state index in [1.807, 2.05) is 25.6 Å². The Labute approximate surface area is 124 Å². The molecule has 1 N–H and O–H groups in total. The molecule has 3 rings (SSSR count). The Morgan fingerprint density at radius 2 is 1.90 bits per heavy atom. The molecule has 0 aliphatic heterocycles. The summed E-state index contributed by atoms with van der Waals surface area (Å²) in [6, 6.07) is 10.6. The molecule has 21 heavy (non-hydrogen) atoms. The van der Waals surface area contributed by atoms with Crippen molar-refractivity contribution in [2.24, 2.45) is 7.05 Å². The number of hydrogen-bond donors (Lipinski definition) is 1. The molecule has 0 radical (unpaired) electrons. The summed E-state index contributed by atoms with van der Waals surface area (Å²) in [6.07, 6.45) is 0. The van der Waals surface area contributed by atoms with Crippen LogP contribution in [0.25, 0.3) is 10.9 Å². The van der Waals surface area contributed by atoms with Crippen LogP contribution < -0.4 is 5.32 Å². The molecule has 0 aliphatic carbocycles. The van der Waals surface area contributed by atoms with Crippen LogP contribution in [0.2, 0.25) is 0 Å². The molecule has 0 aliphatic rings. The van der Waals surface area contributed by atoms with Crippen LogP contribution in [-0.4, -0.2) is 14.8 Å². The normalized spacial score (nSPS) is 11.0.